The van der Waals surface area contributed by atoms with Crippen molar-refractivity contribution in [3.05, 3.63) is 118 Å². The van der Waals surface area contributed by atoms with Crippen LogP contribution in [0.3, 0.4) is 0 Å². The molecule has 0 amide bonds. The van der Waals surface area contributed by atoms with Crippen molar-refractivity contribution in [1.29, 1.82) is 0 Å². The Bertz CT molecular complexity index is 1230. The lowest BCUT2D eigenvalue weighted by Gasteiger charge is -2.38. The standard InChI is InChI=1S/C40H58O2/c1-29(17-13-19-31(3)21-23-37-33(5)25-35(41)27-39(37,7)8)15-11-12-16-30(2)18-14-20-32(4)22-24-38-34(6)26-36(42)28-40(38,9)10/h11-21,23,25,35-37,41-42H,22,24,26-28H2,1-10H3. The number of aliphatic hydroxyl groups excluding tert-OH is 2. The fraction of sp³-hybridized carbons (Fsp3) is 0.500. The van der Waals surface area contributed by atoms with E-state index in [-0.39, 0.29) is 23.0 Å². The first-order chi connectivity index (χ1) is 19.6. The summed E-state index contributed by atoms with van der Waals surface area (Å²) in [5, 5.41) is 20.2. The molecule has 0 aromatic heterocycles. The Morgan fingerprint density at radius 1 is 0.786 bits per heavy atom. The highest BCUT2D eigenvalue weighted by atomic mass is 16.3. The van der Waals surface area contributed by atoms with Crippen LogP contribution in [0.1, 0.15) is 101 Å². The number of aliphatic hydroxyl groups is 2. The predicted molar refractivity (Wildman–Crippen MR) is 184 cm³/mol. The van der Waals surface area contributed by atoms with Gasteiger partial charge in [0.05, 0.1) is 12.2 Å². The van der Waals surface area contributed by atoms with Crippen LogP contribution in [-0.4, -0.2) is 22.4 Å². The van der Waals surface area contributed by atoms with Crippen molar-refractivity contribution >= 4 is 0 Å². The van der Waals surface area contributed by atoms with E-state index in [2.05, 4.69) is 142 Å². The molecule has 0 radical (unpaired) electrons. The van der Waals surface area contributed by atoms with Crippen LogP contribution in [0.25, 0.3) is 0 Å². The van der Waals surface area contributed by atoms with Crippen molar-refractivity contribution in [3.8, 4) is 0 Å². The summed E-state index contributed by atoms with van der Waals surface area (Å²) < 4.78 is 0. The van der Waals surface area contributed by atoms with Gasteiger partial charge in [-0.25, -0.2) is 0 Å². The van der Waals surface area contributed by atoms with Gasteiger partial charge in [0.15, 0.2) is 0 Å². The van der Waals surface area contributed by atoms with Crippen molar-refractivity contribution in [3.63, 3.8) is 0 Å². The third-order valence-electron chi connectivity index (χ3n) is 8.75. The van der Waals surface area contributed by atoms with Crippen molar-refractivity contribution < 1.29 is 10.2 Å². The van der Waals surface area contributed by atoms with E-state index < -0.39 is 0 Å². The molecule has 2 N–H and O–H groups in total. The molecule has 230 valence electrons. The smallest absolute Gasteiger partial charge is 0.0729 e. The molecule has 2 nitrogen and oxygen atoms in total. The minimum absolute atomic E-state index is 0.0602. The summed E-state index contributed by atoms with van der Waals surface area (Å²) in [6.45, 7) is 21.9. The lowest BCUT2D eigenvalue weighted by atomic mass is 9.67. The quantitative estimate of drug-likeness (QED) is 0.192. The molecule has 42 heavy (non-hydrogen) atoms. The summed E-state index contributed by atoms with van der Waals surface area (Å²) in [6.07, 6.45) is 31.9. The highest BCUT2D eigenvalue weighted by Crippen LogP contribution is 2.43. The van der Waals surface area contributed by atoms with Gasteiger partial charge in [0, 0.05) is 5.92 Å². The normalized spacial score (nSPS) is 26.4. The third kappa shape index (κ3) is 11.9. The second-order valence-corrected chi connectivity index (χ2v) is 14.1. The second kappa shape index (κ2) is 16.2. The highest BCUT2D eigenvalue weighted by Gasteiger charge is 2.34. The maximum Gasteiger partial charge on any atom is 0.0729 e. The summed E-state index contributed by atoms with van der Waals surface area (Å²) in [5.41, 5.74) is 9.31. The van der Waals surface area contributed by atoms with Gasteiger partial charge in [0.25, 0.3) is 0 Å². The van der Waals surface area contributed by atoms with Gasteiger partial charge in [0.1, 0.15) is 0 Å². The van der Waals surface area contributed by atoms with Gasteiger partial charge in [-0.3, -0.25) is 0 Å². The first kappa shape index (κ1) is 35.5. The molecular weight excluding hydrogens is 512 g/mol. The molecule has 0 aliphatic heterocycles. The molecule has 2 rings (SSSR count). The molecule has 0 bridgehead atoms. The van der Waals surface area contributed by atoms with Crippen LogP contribution >= 0.6 is 0 Å². The van der Waals surface area contributed by atoms with E-state index >= 15 is 0 Å². The van der Waals surface area contributed by atoms with Gasteiger partial charge in [-0.2, -0.15) is 0 Å². The molecule has 0 saturated carbocycles. The fourth-order valence-electron chi connectivity index (χ4n) is 6.50. The summed E-state index contributed by atoms with van der Waals surface area (Å²) >= 11 is 0. The largest absolute Gasteiger partial charge is 0.393 e. The van der Waals surface area contributed by atoms with Gasteiger partial charge in [-0.1, -0.05) is 146 Å². The minimum atomic E-state index is -0.329. The van der Waals surface area contributed by atoms with Crippen LogP contribution in [0, 0.1) is 16.7 Å². The first-order valence-electron chi connectivity index (χ1n) is 15.7. The second-order valence-electron chi connectivity index (χ2n) is 14.1. The number of allylic oxidation sites excluding steroid dienone is 18. The van der Waals surface area contributed by atoms with Crippen molar-refractivity contribution in [2.45, 2.75) is 114 Å². The van der Waals surface area contributed by atoms with E-state index in [9.17, 15) is 10.2 Å². The number of rotatable bonds is 11. The van der Waals surface area contributed by atoms with Crippen molar-refractivity contribution in [2.75, 3.05) is 0 Å². The molecule has 3 unspecified atom stereocenters. The Morgan fingerprint density at radius 3 is 1.90 bits per heavy atom. The number of hydrogen-bond acceptors (Lipinski definition) is 2. The number of hydrogen-bond donors (Lipinski definition) is 2. The fourth-order valence-corrected chi connectivity index (χ4v) is 6.50. The van der Waals surface area contributed by atoms with Gasteiger partial charge >= 0.3 is 0 Å². The summed E-state index contributed by atoms with van der Waals surface area (Å²) in [4.78, 5) is 0. The van der Waals surface area contributed by atoms with Crippen LogP contribution in [0.2, 0.25) is 0 Å². The minimum Gasteiger partial charge on any atom is -0.393 e. The molecule has 0 spiro atoms. The Kier molecular flexibility index (Phi) is 13.7. The van der Waals surface area contributed by atoms with Crippen LogP contribution in [0.4, 0.5) is 0 Å². The average Bonchev–Trinajstić information content (AvgIpc) is 2.84. The Balaban J connectivity index is 1.85. The van der Waals surface area contributed by atoms with E-state index in [0.717, 1.165) is 32.1 Å². The molecule has 0 saturated heterocycles. The first-order valence-corrected chi connectivity index (χ1v) is 15.7. The van der Waals surface area contributed by atoms with E-state index in [0.29, 0.717) is 5.92 Å². The molecule has 2 heteroatoms. The monoisotopic (exact) mass is 570 g/mol. The zero-order chi connectivity index (χ0) is 31.5. The van der Waals surface area contributed by atoms with E-state index in [1.807, 2.05) is 6.08 Å². The van der Waals surface area contributed by atoms with Gasteiger partial charge in [0.2, 0.25) is 0 Å². The van der Waals surface area contributed by atoms with E-state index in [1.165, 1.54) is 39.0 Å². The topological polar surface area (TPSA) is 40.5 Å². The average molecular weight is 571 g/mol. The van der Waals surface area contributed by atoms with Crippen LogP contribution < -0.4 is 0 Å². The van der Waals surface area contributed by atoms with Crippen LogP contribution in [0.15, 0.2) is 118 Å². The van der Waals surface area contributed by atoms with E-state index in [4.69, 9.17) is 0 Å². The molecule has 0 heterocycles. The molecule has 0 fully saturated rings. The molecule has 3 atom stereocenters. The third-order valence-corrected chi connectivity index (χ3v) is 8.75. The Hall–Kier alpha value is -2.68. The maximum atomic E-state index is 10.1. The Labute approximate surface area is 258 Å². The van der Waals surface area contributed by atoms with Gasteiger partial charge in [-0.05, 0) is 84.5 Å². The summed E-state index contributed by atoms with van der Waals surface area (Å²) in [7, 11) is 0. The lowest BCUT2D eigenvalue weighted by molar-refractivity contribution is 0.113. The van der Waals surface area contributed by atoms with Crippen molar-refractivity contribution in [2.24, 2.45) is 16.7 Å². The van der Waals surface area contributed by atoms with Gasteiger partial charge < -0.3 is 10.2 Å². The summed E-state index contributed by atoms with van der Waals surface area (Å²) in [5.74, 6) is 0.351. The zero-order valence-electron chi connectivity index (χ0n) is 28.2. The van der Waals surface area contributed by atoms with Crippen molar-refractivity contribution in [1.82, 2.24) is 0 Å². The summed E-state index contributed by atoms with van der Waals surface area (Å²) in [6, 6.07) is 0. The Morgan fingerprint density at radius 2 is 1.33 bits per heavy atom. The molecule has 0 aromatic carbocycles. The molecule has 0 aromatic rings. The molecular formula is C40H58O2. The maximum absolute atomic E-state index is 10.1. The molecule has 2 aliphatic carbocycles. The zero-order valence-corrected chi connectivity index (χ0v) is 28.2. The SMILES string of the molecule is CC(C=CC=C(C)C=CC1C(C)=CC(O)CC1(C)C)=CC=CC=C(C)C=CC=C(C)CCC1=C(C)CC(O)CC1(C)C. The van der Waals surface area contributed by atoms with Gasteiger partial charge in [-0.15, -0.1) is 0 Å². The predicted octanol–water partition coefficient (Wildman–Crippen LogP) is 10.6. The molecule has 2 aliphatic rings. The van der Waals surface area contributed by atoms with Crippen LogP contribution in [0.5, 0.6) is 0 Å². The van der Waals surface area contributed by atoms with E-state index in [1.54, 1.807) is 0 Å². The lowest BCUT2D eigenvalue weighted by Crippen LogP contribution is -2.32. The highest BCUT2D eigenvalue weighted by molar-refractivity contribution is 5.32. The van der Waals surface area contributed by atoms with Crippen LogP contribution in [-0.2, 0) is 0 Å².